The van der Waals surface area contributed by atoms with Crippen LogP contribution in [0.15, 0.2) is 36.7 Å². The summed E-state index contributed by atoms with van der Waals surface area (Å²) in [5.41, 5.74) is 6.03. The van der Waals surface area contributed by atoms with Crippen molar-refractivity contribution in [3.8, 4) is 11.5 Å². The van der Waals surface area contributed by atoms with Crippen LogP contribution in [-0.2, 0) is 19.5 Å². The predicted molar refractivity (Wildman–Crippen MR) is 102 cm³/mol. The number of ether oxygens (including phenoxy) is 2. The highest BCUT2D eigenvalue weighted by molar-refractivity contribution is 5.78. The van der Waals surface area contributed by atoms with Crippen molar-refractivity contribution < 1.29 is 9.47 Å². The molecule has 0 atom stereocenters. The number of rotatable bonds is 4. The lowest BCUT2D eigenvalue weighted by molar-refractivity contribution is 0.242. The summed E-state index contributed by atoms with van der Waals surface area (Å²) in [6, 6.07) is 8.35. The van der Waals surface area contributed by atoms with Gasteiger partial charge in [0.15, 0.2) is 11.5 Å². The second kappa shape index (κ2) is 6.92. The normalized spacial score (nSPS) is 14.3. The van der Waals surface area contributed by atoms with Gasteiger partial charge >= 0.3 is 0 Å². The molecule has 5 heteroatoms. The average molecular weight is 349 g/mol. The van der Waals surface area contributed by atoms with E-state index in [4.69, 9.17) is 14.5 Å². The van der Waals surface area contributed by atoms with Gasteiger partial charge in [0.2, 0.25) is 0 Å². The molecule has 134 valence electrons. The van der Waals surface area contributed by atoms with Crippen molar-refractivity contribution in [2.24, 2.45) is 0 Å². The lowest BCUT2D eigenvalue weighted by atomic mass is 10.0. The summed E-state index contributed by atoms with van der Waals surface area (Å²) in [6.07, 6.45) is 4.66. The van der Waals surface area contributed by atoms with E-state index in [2.05, 4.69) is 28.9 Å². The van der Waals surface area contributed by atoms with Crippen LogP contribution >= 0.6 is 0 Å². The summed E-state index contributed by atoms with van der Waals surface area (Å²) in [4.78, 5) is 11.5. The molecule has 0 N–H and O–H groups in total. The first-order chi connectivity index (χ1) is 12.7. The van der Waals surface area contributed by atoms with Crippen molar-refractivity contribution in [2.45, 2.75) is 26.4 Å². The summed E-state index contributed by atoms with van der Waals surface area (Å²) in [6.45, 7) is 4.91. The van der Waals surface area contributed by atoms with Crippen LogP contribution in [0.2, 0.25) is 0 Å². The second-order valence-corrected chi connectivity index (χ2v) is 6.76. The standard InChI is InChI=1S/C21H23N3O2/c1-14-8-20(25-2)21(26-3)10-16(14)12-24-7-5-19-17(13-24)9-15-11-22-6-4-18(15)23-19/h4,6,8-11H,5,7,12-13H2,1-3H3. The first-order valence-electron chi connectivity index (χ1n) is 8.84. The Kier molecular flexibility index (Phi) is 4.47. The minimum atomic E-state index is 0.779. The summed E-state index contributed by atoms with van der Waals surface area (Å²) in [5.74, 6) is 1.56. The quantitative estimate of drug-likeness (QED) is 0.721. The van der Waals surface area contributed by atoms with Gasteiger partial charge in [-0.05, 0) is 47.9 Å². The Morgan fingerprint density at radius 2 is 1.92 bits per heavy atom. The van der Waals surface area contributed by atoms with Gasteiger partial charge in [-0.25, -0.2) is 0 Å². The van der Waals surface area contributed by atoms with Crippen LogP contribution < -0.4 is 9.47 Å². The summed E-state index contributed by atoms with van der Waals surface area (Å²) in [5, 5.41) is 1.11. The molecule has 26 heavy (non-hydrogen) atoms. The van der Waals surface area contributed by atoms with Crippen LogP contribution in [0, 0.1) is 6.92 Å². The molecule has 5 nitrogen and oxygen atoms in total. The molecule has 3 heterocycles. The number of aryl methyl sites for hydroxylation is 1. The van der Waals surface area contributed by atoms with Crippen LogP contribution in [0.3, 0.4) is 0 Å². The molecule has 0 unspecified atom stereocenters. The fourth-order valence-corrected chi connectivity index (χ4v) is 3.61. The number of methoxy groups -OCH3 is 2. The fraction of sp³-hybridized carbons (Fsp3) is 0.333. The van der Waals surface area contributed by atoms with Gasteiger partial charge in [-0.3, -0.25) is 14.9 Å². The molecule has 0 fully saturated rings. The molecule has 1 aromatic carbocycles. The van der Waals surface area contributed by atoms with E-state index >= 15 is 0 Å². The smallest absolute Gasteiger partial charge is 0.161 e. The summed E-state index contributed by atoms with van der Waals surface area (Å²) >= 11 is 0. The highest BCUT2D eigenvalue weighted by Gasteiger charge is 2.19. The zero-order chi connectivity index (χ0) is 18.1. The zero-order valence-corrected chi connectivity index (χ0v) is 15.5. The Morgan fingerprint density at radius 3 is 2.73 bits per heavy atom. The van der Waals surface area contributed by atoms with E-state index < -0.39 is 0 Å². The molecule has 1 aliphatic heterocycles. The van der Waals surface area contributed by atoms with Crippen molar-refractivity contribution in [3.05, 3.63) is 59.0 Å². The molecule has 2 aromatic heterocycles. The Bertz CT molecular complexity index is 955. The van der Waals surface area contributed by atoms with Crippen molar-refractivity contribution in [1.29, 1.82) is 0 Å². The monoisotopic (exact) mass is 349 g/mol. The van der Waals surface area contributed by atoms with E-state index in [0.717, 1.165) is 48.5 Å². The topological polar surface area (TPSA) is 47.5 Å². The maximum atomic E-state index is 5.47. The minimum absolute atomic E-state index is 0.779. The molecule has 0 spiro atoms. The molecule has 0 radical (unpaired) electrons. The van der Waals surface area contributed by atoms with Gasteiger partial charge < -0.3 is 9.47 Å². The zero-order valence-electron chi connectivity index (χ0n) is 15.5. The van der Waals surface area contributed by atoms with Gasteiger partial charge in [0.25, 0.3) is 0 Å². The van der Waals surface area contributed by atoms with Gasteiger partial charge in [0.1, 0.15) is 0 Å². The van der Waals surface area contributed by atoms with E-state index in [-0.39, 0.29) is 0 Å². The van der Waals surface area contributed by atoms with E-state index in [9.17, 15) is 0 Å². The SMILES string of the molecule is COc1cc(C)c(CN2CCc3nc4ccncc4cc3C2)cc1OC. The van der Waals surface area contributed by atoms with E-state index in [1.165, 1.54) is 22.4 Å². The first kappa shape index (κ1) is 16.8. The first-order valence-corrected chi connectivity index (χ1v) is 8.84. The highest BCUT2D eigenvalue weighted by Crippen LogP contribution is 2.31. The van der Waals surface area contributed by atoms with Crippen molar-refractivity contribution in [2.75, 3.05) is 20.8 Å². The molecule has 1 aliphatic rings. The van der Waals surface area contributed by atoms with E-state index in [0.29, 0.717) is 0 Å². The number of aromatic nitrogens is 2. The number of benzene rings is 1. The number of hydrogen-bond acceptors (Lipinski definition) is 5. The molecule has 4 rings (SSSR count). The van der Waals surface area contributed by atoms with Crippen LogP contribution in [0.4, 0.5) is 0 Å². The number of hydrogen-bond donors (Lipinski definition) is 0. The molecule has 0 saturated carbocycles. The molecule has 0 saturated heterocycles. The van der Waals surface area contributed by atoms with E-state index in [1.807, 2.05) is 18.3 Å². The minimum Gasteiger partial charge on any atom is -0.493 e. The van der Waals surface area contributed by atoms with Gasteiger partial charge in [-0.2, -0.15) is 0 Å². The number of nitrogens with zero attached hydrogens (tertiary/aromatic N) is 3. The largest absolute Gasteiger partial charge is 0.493 e. The second-order valence-electron chi connectivity index (χ2n) is 6.76. The lowest BCUT2D eigenvalue weighted by Gasteiger charge is -2.29. The Balaban J connectivity index is 1.59. The van der Waals surface area contributed by atoms with Crippen LogP contribution in [0.25, 0.3) is 10.9 Å². The summed E-state index contributed by atoms with van der Waals surface area (Å²) in [7, 11) is 3.35. The van der Waals surface area contributed by atoms with Gasteiger partial charge in [0.05, 0.1) is 19.7 Å². The van der Waals surface area contributed by atoms with Gasteiger partial charge in [-0.15, -0.1) is 0 Å². The molecule has 0 bridgehead atoms. The predicted octanol–water partition coefficient (Wildman–Crippen LogP) is 3.51. The Labute approximate surface area is 153 Å². The fourth-order valence-electron chi connectivity index (χ4n) is 3.61. The third-order valence-corrected chi connectivity index (χ3v) is 5.08. The van der Waals surface area contributed by atoms with Crippen LogP contribution in [-0.4, -0.2) is 35.6 Å². The third-order valence-electron chi connectivity index (χ3n) is 5.08. The van der Waals surface area contributed by atoms with Gasteiger partial charge in [0, 0.05) is 49.5 Å². The Hall–Kier alpha value is -2.66. The molecular weight excluding hydrogens is 326 g/mol. The summed E-state index contributed by atoms with van der Waals surface area (Å²) < 4.78 is 10.9. The lowest BCUT2D eigenvalue weighted by Crippen LogP contribution is -2.31. The third kappa shape index (κ3) is 3.10. The molecule has 0 aliphatic carbocycles. The Morgan fingerprint density at radius 1 is 1.12 bits per heavy atom. The average Bonchev–Trinajstić information content (AvgIpc) is 2.67. The molecule has 0 amide bonds. The van der Waals surface area contributed by atoms with Crippen molar-refractivity contribution in [1.82, 2.24) is 14.9 Å². The van der Waals surface area contributed by atoms with Gasteiger partial charge in [-0.1, -0.05) is 0 Å². The molecule has 3 aromatic rings. The van der Waals surface area contributed by atoms with Crippen LogP contribution in [0.1, 0.15) is 22.4 Å². The van der Waals surface area contributed by atoms with Crippen molar-refractivity contribution in [3.63, 3.8) is 0 Å². The molecular formula is C21H23N3O2. The highest BCUT2D eigenvalue weighted by atomic mass is 16.5. The van der Waals surface area contributed by atoms with Crippen LogP contribution in [0.5, 0.6) is 11.5 Å². The van der Waals surface area contributed by atoms with Crippen molar-refractivity contribution >= 4 is 10.9 Å². The maximum absolute atomic E-state index is 5.47. The maximum Gasteiger partial charge on any atom is 0.161 e. The van der Waals surface area contributed by atoms with E-state index in [1.54, 1.807) is 20.4 Å². The number of pyridine rings is 2. The number of fused-ring (bicyclic) bond motifs is 2.